The molecule has 0 aromatic carbocycles. The minimum atomic E-state index is -0.701. The van der Waals surface area contributed by atoms with Gasteiger partial charge in [-0.05, 0) is 93.1 Å². The molecular formula is C29H48O3. The molecule has 32 heavy (non-hydrogen) atoms. The minimum absolute atomic E-state index is 0.362. The maximum absolute atomic E-state index is 10.7. The maximum atomic E-state index is 10.7. The van der Waals surface area contributed by atoms with Gasteiger partial charge in [0, 0.05) is 5.41 Å². The van der Waals surface area contributed by atoms with E-state index in [1.807, 2.05) is 27.7 Å². The van der Waals surface area contributed by atoms with Crippen molar-refractivity contribution < 1.29 is 15.3 Å². The molecule has 6 atom stereocenters. The molecule has 3 rings (SSSR count). The van der Waals surface area contributed by atoms with Gasteiger partial charge in [0.05, 0.1) is 17.8 Å². The lowest BCUT2D eigenvalue weighted by Gasteiger charge is -2.44. The molecule has 3 fully saturated rings. The Kier molecular flexibility index (Phi) is 7.55. The van der Waals surface area contributed by atoms with E-state index in [0.717, 1.165) is 36.3 Å². The Hall–Kier alpha value is -0.900. The summed E-state index contributed by atoms with van der Waals surface area (Å²) in [4.78, 5) is 0. The predicted molar refractivity (Wildman–Crippen MR) is 133 cm³/mol. The summed E-state index contributed by atoms with van der Waals surface area (Å²) < 4.78 is 0. The van der Waals surface area contributed by atoms with Crippen molar-refractivity contribution in [3.05, 3.63) is 35.5 Å². The zero-order chi connectivity index (χ0) is 23.9. The van der Waals surface area contributed by atoms with Crippen molar-refractivity contribution in [3.63, 3.8) is 0 Å². The highest BCUT2D eigenvalue weighted by Gasteiger charge is 2.50. The average molecular weight is 445 g/mol. The van der Waals surface area contributed by atoms with Crippen molar-refractivity contribution >= 4 is 0 Å². The molecular weight excluding hydrogens is 396 g/mol. The van der Waals surface area contributed by atoms with E-state index in [1.54, 1.807) is 5.57 Å². The van der Waals surface area contributed by atoms with Gasteiger partial charge < -0.3 is 15.3 Å². The Morgan fingerprint density at radius 3 is 2.50 bits per heavy atom. The van der Waals surface area contributed by atoms with E-state index < -0.39 is 23.2 Å². The SMILES string of the molecule is C=C1/C(=C\C=C2/CCC[C@]3(C)[C@@H]([C@H](C)CCCC(C)(C)O)CC[C@@H]23)CC(O)C(C)(C)C1O. The number of rotatable bonds is 6. The van der Waals surface area contributed by atoms with Crippen LogP contribution in [0.3, 0.4) is 0 Å². The second-order valence-corrected chi connectivity index (χ2v) is 12.7. The van der Waals surface area contributed by atoms with Crippen molar-refractivity contribution in [2.75, 3.05) is 0 Å². The third-order valence-electron chi connectivity index (χ3n) is 9.39. The van der Waals surface area contributed by atoms with Gasteiger partial charge in [-0.25, -0.2) is 0 Å². The van der Waals surface area contributed by atoms with Crippen LogP contribution in [0.15, 0.2) is 35.5 Å². The summed E-state index contributed by atoms with van der Waals surface area (Å²) in [7, 11) is 0. The molecule has 0 radical (unpaired) electrons. The Labute approximate surface area is 196 Å². The van der Waals surface area contributed by atoms with E-state index in [4.69, 9.17) is 0 Å². The average Bonchev–Trinajstić information content (AvgIpc) is 3.05. The van der Waals surface area contributed by atoms with E-state index in [0.29, 0.717) is 23.7 Å². The number of allylic oxidation sites excluding steroid dienone is 3. The maximum Gasteiger partial charge on any atom is 0.0862 e. The first kappa shape index (κ1) is 25.7. The van der Waals surface area contributed by atoms with Gasteiger partial charge in [0.2, 0.25) is 0 Å². The normalized spacial score (nSPS) is 38.8. The van der Waals surface area contributed by atoms with E-state index in [1.165, 1.54) is 32.1 Å². The van der Waals surface area contributed by atoms with Crippen molar-refractivity contribution in [2.24, 2.45) is 28.6 Å². The molecule has 182 valence electrons. The molecule has 3 aliphatic carbocycles. The summed E-state index contributed by atoms with van der Waals surface area (Å²) in [5.41, 5.74) is 2.57. The quantitative estimate of drug-likeness (QED) is 0.448. The molecule has 0 aromatic heterocycles. The first-order chi connectivity index (χ1) is 14.8. The minimum Gasteiger partial charge on any atom is -0.392 e. The molecule has 0 aliphatic heterocycles. The number of aliphatic hydroxyl groups excluding tert-OH is 2. The molecule has 0 saturated heterocycles. The smallest absolute Gasteiger partial charge is 0.0862 e. The number of hydrogen-bond acceptors (Lipinski definition) is 3. The van der Waals surface area contributed by atoms with Crippen LogP contribution in [0.2, 0.25) is 0 Å². The van der Waals surface area contributed by atoms with Crippen LogP contribution in [-0.4, -0.2) is 33.1 Å². The predicted octanol–water partition coefficient (Wildman–Crippen LogP) is 6.34. The molecule has 3 heteroatoms. The van der Waals surface area contributed by atoms with Crippen LogP contribution in [0, 0.1) is 28.6 Å². The summed E-state index contributed by atoms with van der Waals surface area (Å²) in [6.07, 6.45) is 13.2. The van der Waals surface area contributed by atoms with Crippen molar-refractivity contribution in [1.29, 1.82) is 0 Å². The van der Waals surface area contributed by atoms with Gasteiger partial charge in [-0.3, -0.25) is 0 Å². The molecule has 3 aliphatic rings. The third kappa shape index (κ3) is 5.10. The van der Waals surface area contributed by atoms with E-state index >= 15 is 0 Å². The molecule has 3 saturated carbocycles. The van der Waals surface area contributed by atoms with Gasteiger partial charge in [-0.1, -0.05) is 64.8 Å². The Balaban J connectivity index is 1.72. The van der Waals surface area contributed by atoms with Gasteiger partial charge in [-0.15, -0.1) is 0 Å². The molecule has 3 nitrogen and oxygen atoms in total. The fourth-order valence-electron chi connectivity index (χ4n) is 7.06. The van der Waals surface area contributed by atoms with E-state index in [2.05, 4.69) is 32.6 Å². The van der Waals surface area contributed by atoms with Crippen molar-refractivity contribution in [1.82, 2.24) is 0 Å². The zero-order valence-corrected chi connectivity index (χ0v) is 21.5. The van der Waals surface area contributed by atoms with Crippen molar-refractivity contribution in [2.45, 2.75) is 117 Å². The highest BCUT2D eigenvalue weighted by molar-refractivity contribution is 5.40. The highest BCUT2D eigenvalue weighted by Crippen LogP contribution is 2.60. The van der Waals surface area contributed by atoms with Crippen LogP contribution in [0.25, 0.3) is 0 Å². The lowest BCUT2D eigenvalue weighted by molar-refractivity contribution is -0.0404. The van der Waals surface area contributed by atoms with Crippen LogP contribution >= 0.6 is 0 Å². The summed E-state index contributed by atoms with van der Waals surface area (Å²) in [5, 5.41) is 31.3. The van der Waals surface area contributed by atoms with E-state index in [-0.39, 0.29) is 0 Å². The zero-order valence-electron chi connectivity index (χ0n) is 21.5. The van der Waals surface area contributed by atoms with Gasteiger partial charge in [-0.2, -0.15) is 0 Å². The van der Waals surface area contributed by atoms with Crippen LogP contribution in [0.4, 0.5) is 0 Å². The molecule has 0 heterocycles. The number of aliphatic hydroxyl groups is 3. The lowest BCUT2D eigenvalue weighted by atomic mass is 9.60. The highest BCUT2D eigenvalue weighted by atomic mass is 16.3. The molecule has 2 unspecified atom stereocenters. The topological polar surface area (TPSA) is 60.7 Å². The van der Waals surface area contributed by atoms with Gasteiger partial charge >= 0.3 is 0 Å². The molecule has 3 N–H and O–H groups in total. The van der Waals surface area contributed by atoms with Gasteiger partial charge in [0.15, 0.2) is 0 Å². The fourth-order valence-corrected chi connectivity index (χ4v) is 7.06. The van der Waals surface area contributed by atoms with Crippen LogP contribution in [0.1, 0.15) is 99.3 Å². The second kappa shape index (κ2) is 9.39. The number of hydrogen-bond donors (Lipinski definition) is 3. The first-order valence-corrected chi connectivity index (χ1v) is 12.9. The molecule has 0 amide bonds. The monoisotopic (exact) mass is 444 g/mol. The third-order valence-corrected chi connectivity index (χ3v) is 9.39. The standard InChI is InChI=1S/C29H48O3/c1-19(10-8-16-27(3,4)32)23-14-15-24-21(11-9-17-29(23,24)7)12-13-22-18-25(30)28(5,6)26(31)20(22)2/h12-13,19,23-26,30-32H,2,8-11,14-18H2,1,3-7H3/b21-12+,22-13-/t19-,23-,24+,25?,26?,29-/m1/s1. The van der Waals surface area contributed by atoms with E-state index in [9.17, 15) is 15.3 Å². The molecule has 0 aromatic rings. The number of fused-ring (bicyclic) bond motifs is 1. The Morgan fingerprint density at radius 1 is 1.16 bits per heavy atom. The summed E-state index contributed by atoms with van der Waals surface area (Å²) in [5.74, 6) is 2.08. The fraction of sp³-hybridized carbons (Fsp3) is 0.793. The van der Waals surface area contributed by atoms with Crippen LogP contribution in [0.5, 0.6) is 0 Å². The van der Waals surface area contributed by atoms with Gasteiger partial charge in [0.1, 0.15) is 0 Å². The molecule has 0 spiro atoms. The Bertz CT molecular complexity index is 753. The van der Waals surface area contributed by atoms with Crippen LogP contribution in [-0.2, 0) is 0 Å². The largest absolute Gasteiger partial charge is 0.392 e. The Morgan fingerprint density at radius 2 is 1.84 bits per heavy atom. The summed E-state index contributed by atoms with van der Waals surface area (Å²) in [6.45, 7) is 16.8. The molecule has 0 bridgehead atoms. The summed E-state index contributed by atoms with van der Waals surface area (Å²) >= 11 is 0. The lowest BCUT2D eigenvalue weighted by Crippen LogP contribution is -2.45. The van der Waals surface area contributed by atoms with Gasteiger partial charge in [0.25, 0.3) is 0 Å². The second-order valence-electron chi connectivity index (χ2n) is 12.7. The van der Waals surface area contributed by atoms with Crippen molar-refractivity contribution in [3.8, 4) is 0 Å². The first-order valence-electron chi connectivity index (χ1n) is 12.9. The summed E-state index contributed by atoms with van der Waals surface area (Å²) in [6, 6.07) is 0. The van der Waals surface area contributed by atoms with Crippen LogP contribution < -0.4 is 0 Å².